The van der Waals surface area contributed by atoms with Crippen LogP contribution in [0.1, 0.15) is 23.2 Å². The number of nitrogens with zero attached hydrogens (tertiary/aromatic N) is 2. The van der Waals surface area contributed by atoms with Crippen LogP contribution in [0.4, 0.5) is 5.82 Å². The number of piperidine rings is 1. The van der Waals surface area contributed by atoms with Crippen LogP contribution in [0.15, 0.2) is 18.3 Å². The van der Waals surface area contributed by atoms with Crippen LogP contribution < -0.4 is 4.90 Å². The molecule has 5 heteroatoms. The molecule has 5 nitrogen and oxygen atoms in total. The van der Waals surface area contributed by atoms with Gasteiger partial charge in [-0.15, -0.1) is 0 Å². The second-order valence-electron chi connectivity index (χ2n) is 4.35. The molecule has 0 radical (unpaired) electrons. The van der Waals surface area contributed by atoms with E-state index >= 15 is 0 Å². The van der Waals surface area contributed by atoms with Crippen molar-refractivity contribution in [2.24, 2.45) is 5.92 Å². The van der Waals surface area contributed by atoms with Crippen molar-refractivity contribution in [3.63, 3.8) is 0 Å². The van der Waals surface area contributed by atoms with E-state index in [1.165, 1.54) is 6.20 Å². The second-order valence-corrected chi connectivity index (χ2v) is 4.35. The van der Waals surface area contributed by atoms with Crippen molar-refractivity contribution in [3.8, 4) is 0 Å². The maximum atomic E-state index is 10.7. The molecule has 2 N–H and O–H groups in total. The molecule has 0 unspecified atom stereocenters. The zero-order valence-electron chi connectivity index (χ0n) is 9.54. The molecule has 17 heavy (non-hydrogen) atoms. The summed E-state index contributed by atoms with van der Waals surface area (Å²) in [6.07, 6.45) is 3.45. The molecular weight excluding hydrogens is 220 g/mol. The molecule has 0 amide bonds. The van der Waals surface area contributed by atoms with E-state index < -0.39 is 5.97 Å². The van der Waals surface area contributed by atoms with Crippen LogP contribution in [0, 0.1) is 5.92 Å². The highest BCUT2D eigenvalue weighted by molar-refractivity contribution is 5.87. The Balaban J connectivity index is 2.08. The van der Waals surface area contributed by atoms with E-state index in [2.05, 4.69) is 9.88 Å². The fraction of sp³-hybridized carbons (Fsp3) is 0.500. The van der Waals surface area contributed by atoms with Gasteiger partial charge in [-0.2, -0.15) is 0 Å². The molecule has 1 fully saturated rings. The van der Waals surface area contributed by atoms with Crippen LogP contribution in [-0.4, -0.2) is 40.9 Å². The number of aliphatic hydroxyl groups is 1. The largest absolute Gasteiger partial charge is 0.478 e. The van der Waals surface area contributed by atoms with Gasteiger partial charge in [0.05, 0.1) is 5.56 Å². The summed E-state index contributed by atoms with van der Waals surface area (Å²) in [5.74, 6) is 0.119. The Kier molecular flexibility index (Phi) is 3.58. The first-order valence-electron chi connectivity index (χ1n) is 5.76. The highest BCUT2D eigenvalue weighted by Crippen LogP contribution is 2.21. The first-order valence-corrected chi connectivity index (χ1v) is 5.76. The number of aliphatic hydroxyl groups excluding tert-OH is 1. The average molecular weight is 236 g/mol. The Bertz CT molecular complexity index is 391. The van der Waals surface area contributed by atoms with Crippen molar-refractivity contribution in [3.05, 3.63) is 23.9 Å². The van der Waals surface area contributed by atoms with E-state index in [9.17, 15) is 4.79 Å². The minimum Gasteiger partial charge on any atom is -0.478 e. The van der Waals surface area contributed by atoms with Gasteiger partial charge >= 0.3 is 5.97 Å². The van der Waals surface area contributed by atoms with Gasteiger partial charge in [0.2, 0.25) is 0 Å². The molecule has 1 aromatic rings. The van der Waals surface area contributed by atoms with Crippen LogP contribution in [0.3, 0.4) is 0 Å². The fourth-order valence-electron chi connectivity index (χ4n) is 2.12. The monoisotopic (exact) mass is 236 g/mol. The topological polar surface area (TPSA) is 73.7 Å². The molecule has 2 rings (SSSR count). The predicted octanol–water partition coefficient (Wildman–Crippen LogP) is 0.988. The Labute approximate surface area is 99.7 Å². The summed E-state index contributed by atoms with van der Waals surface area (Å²) in [6.45, 7) is 1.90. The average Bonchev–Trinajstić information content (AvgIpc) is 2.39. The standard InChI is InChI=1S/C12H16N2O3/c15-8-9-2-1-5-14(7-9)11-4-3-10(6-13-11)12(16)17/h3-4,6,9,15H,1-2,5,7-8H2,(H,16,17)/t9-/m1/s1. The summed E-state index contributed by atoms with van der Waals surface area (Å²) in [5, 5.41) is 17.9. The molecule has 1 aliphatic heterocycles. The molecule has 0 spiro atoms. The molecule has 1 saturated heterocycles. The third kappa shape index (κ3) is 2.74. The van der Waals surface area contributed by atoms with Gasteiger partial charge in [-0.1, -0.05) is 0 Å². The molecular formula is C12H16N2O3. The molecule has 1 aliphatic rings. The lowest BCUT2D eigenvalue weighted by atomic mass is 9.99. The maximum Gasteiger partial charge on any atom is 0.337 e. The van der Waals surface area contributed by atoms with Crippen molar-refractivity contribution in [2.45, 2.75) is 12.8 Å². The Morgan fingerprint density at radius 1 is 1.53 bits per heavy atom. The fourth-order valence-corrected chi connectivity index (χ4v) is 2.12. The van der Waals surface area contributed by atoms with Crippen molar-refractivity contribution < 1.29 is 15.0 Å². The zero-order valence-corrected chi connectivity index (χ0v) is 9.54. The summed E-state index contributed by atoms with van der Waals surface area (Å²) < 4.78 is 0. The molecule has 1 atom stereocenters. The van der Waals surface area contributed by atoms with Crippen molar-refractivity contribution in [1.29, 1.82) is 0 Å². The third-order valence-electron chi connectivity index (χ3n) is 3.10. The number of aromatic carboxylic acids is 1. The van der Waals surface area contributed by atoms with E-state index in [0.717, 1.165) is 31.7 Å². The first kappa shape index (κ1) is 11.9. The number of hydrogen-bond acceptors (Lipinski definition) is 4. The van der Waals surface area contributed by atoms with Gasteiger partial charge in [-0.25, -0.2) is 9.78 Å². The van der Waals surface area contributed by atoms with Crippen LogP contribution in [-0.2, 0) is 0 Å². The summed E-state index contributed by atoms with van der Waals surface area (Å²) >= 11 is 0. The van der Waals surface area contributed by atoms with E-state index in [1.54, 1.807) is 12.1 Å². The lowest BCUT2D eigenvalue weighted by Crippen LogP contribution is -2.37. The lowest BCUT2D eigenvalue weighted by Gasteiger charge is -2.32. The van der Waals surface area contributed by atoms with E-state index in [-0.39, 0.29) is 12.2 Å². The third-order valence-corrected chi connectivity index (χ3v) is 3.10. The minimum absolute atomic E-state index is 0.198. The van der Waals surface area contributed by atoms with Crippen LogP contribution in [0.5, 0.6) is 0 Å². The normalized spacial score (nSPS) is 20.3. The van der Waals surface area contributed by atoms with Crippen molar-refractivity contribution >= 4 is 11.8 Å². The molecule has 0 aliphatic carbocycles. The molecule has 2 heterocycles. The van der Waals surface area contributed by atoms with Gasteiger partial charge in [0.1, 0.15) is 5.82 Å². The van der Waals surface area contributed by atoms with Crippen LogP contribution in [0.25, 0.3) is 0 Å². The molecule has 1 aromatic heterocycles. The van der Waals surface area contributed by atoms with Crippen molar-refractivity contribution in [1.82, 2.24) is 4.98 Å². The summed E-state index contributed by atoms with van der Waals surface area (Å²) in [7, 11) is 0. The van der Waals surface area contributed by atoms with Gasteiger partial charge in [-0.05, 0) is 30.9 Å². The molecule has 0 aromatic carbocycles. The maximum absolute atomic E-state index is 10.7. The predicted molar refractivity (Wildman–Crippen MR) is 63.2 cm³/mol. The number of aromatic nitrogens is 1. The summed E-state index contributed by atoms with van der Waals surface area (Å²) in [6, 6.07) is 3.29. The number of rotatable bonds is 3. The number of hydrogen-bond donors (Lipinski definition) is 2. The summed E-state index contributed by atoms with van der Waals surface area (Å²) in [4.78, 5) is 16.9. The molecule has 92 valence electrons. The van der Waals surface area contributed by atoms with Gasteiger partial charge in [0.15, 0.2) is 0 Å². The van der Waals surface area contributed by atoms with Crippen molar-refractivity contribution in [2.75, 3.05) is 24.6 Å². The quantitative estimate of drug-likeness (QED) is 0.818. The van der Waals surface area contributed by atoms with Gasteiger partial charge in [-0.3, -0.25) is 0 Å². The highest BCUT2D eigenvalue weighted by Gasteiger charge is 2.20. The Morgan fingerprint density at radius 3 is 2.94 bits per heavy atom. The van der Waals surface area contributed by atoms with Gasteiger partial charge < -0.3 is 15.1 Å². The van der Waals surface area contributed by atoms with Crippen LogP contribution >= 0.6 is 0 Å². The highest BCUT2D eigenvalue weighted by atomic mass is 16.4. The number of carboxylic acids is 1. The van der Waals surface area contributed by atoms with Crippen LogP contribution in [0.2, 0.25) is 0 Å². The molecule has 0 bridgehead atoms. The van der Waals surface area contributed by atoms with Gasteiger partial charge in [0, 0.05) is 25.9 Å². The number of carboxylic acid groups (broad SMARTS) is 1. The minimum atomic E-state index is -0.962. The second kappa shape index (κ2) is 5.14. The number of carbonyl (C=O) groups is 1. The van der Waals surface area contributed by atoms with E-state index in [0.29, 0.717) is 5.92 Å². The molecule has 0 saturated carbocycles. The Hall–Kier alpha value is -1.62. The number of anilines is 1. The first-order chi connectivity index (χ1) is 8.20. The Morgan fingerprint density at radius 2 is 2.35 bits per heavy atom. The number of pyridine rings is 1. The van der Waals surface area contributed by atoms with E-state index in [1.807, 2.05) is 0 Å². The van der Waals surface area contributed by atoms with Gasteiger partial charge in [0.25, 0.3) is 0 Å². The lowest BCUT2D eigenvalue weighted by molar-refractivity contribution is 0.0696. The van der Waals surface area contributed by atoms with E-state index in [4.69, 9.17) is 10.2 Å². The summed E-state index contributed by atoms with van der Waals surface area (Å²) in [5.41, 5.74) is 0.199. The SMILES string of the molecule is O=C(O)c1ccc(N2CCC[C@@H](CO)C2)nc1. The smallest absolute Gasteiger partial charge is 0.337 e. The zero-order chi connectivity index (χ0) is 12.3.